The SMILES string of the molecule is CCOc1ccc(C(=O)NNC(=O)c2ccc(S(=O)(=O)N[C@H](C)CC)cc2)cc1. The van der Waals surface area contributed by atoms with Gasteiger partial charge in [-0.1, -0.05) is 6.92 Å². The van der Waals surface area contributed by atoms with Gasteiger partial charge in [0.25, 0.3) is 11.8 Å². The summed E-state index contributed by atoms with van der Waals surface area (Å²) in [6.07, 6.45) is 0.660. The van der Waals surface area contributed by atoms with Crippen molar-refractivity contribution in [3.05, 3.63) is 59.7 Å². The zero-order valence-corrected chi connectivity index (χ0v) is 17.4. The Morgan fingerprint density at radius 3 is 1.83 bits per heavy atom. The van der Waals surface area contributed by atoms with Crippen LogP contribution in [0.15, 0.2) is 53.4 Å². The zero-order chi connectivity index (χ0) is 21.4. The number of hydrogen-bond donors (Lipinski definition) is 3. The summed E-state index contributed by atoms with van der Waals surface area (Å²) in [7, 11) is -3.65. The minimum Gasteiger partial charge on any atom is -0.494 e. The maximum Gasteiger partial charge on any atom is 0.269 e. The van der Waals surface area contributed by atoms with Crippen LogP contribution in [0.4, 0.5) is 0 Å². The van der Waals surface area contributed by atoms with Crippen LogP contribution in [0.5, 0.6) is 5.75 Å². The molecular formula is C20H25N3O5S. The Kier molecular flexibility index (Phi) is 7.74. The molecule has 0 spiro atoms. The van der Waals surface area contributed by atoms with Gasteiger partial charge >= 0.3 is 0 Å². The van der Waals surface area contributed by atoms with Crippen LogP contribution in [-0.4, -0.2) is 32.9 Å². The number of sulfonamides is 1. The van der Waals surface area contributed by atoms with Crippen LogP contribution in [0, 0.1) is 0 Å². The number of nitrogens with one attached hydrogen (secondary N) is 3. The molecule has 0 aromatic heterocycles. The normalized spacial score (nSPS) is 12.1. The Balaban J connectivity index is 1.96. The Morgan fingerprint density at radius 2 is 1.38 bits per heavy atom. The van der Waals surface area contributed by atoms with Crippen molar-refractivity contribution in [3.63, 3.8) is 0 Å². The van der Waals surface area contributed by atoms with E-state index in [1.54, 1.807) is 31.2 Å². The van der Waals surface area contributed by atoms with Gasteiger partial charge in [0, 0.05) is 17.2 Å². The van der Waals surface area contributed by atoms with Gasteiger partial charge in [-0.2, -0.15) is 0 Å². The maximum atomic E-state index is 12.2. The number of amides is 2. The van der Waals surface area contributed by atoms with Gasteiger partial charge in [-0.25, -0.2) is 13.1 Å². The van der Waals surface area contributed by atoms with Crippen molar-refractivity contribution in [3.8, 4) is 5.75 Å². The predicted molar refractivity (Wildman–Crippen MR) is 109 cm³/mol. The molecule has 2 aromatic carbocycles. The highest BCUT2D eigenvalue weighted by molar-refractivity contribution is 7.89. The van der Waals surface area contributed by atoms with Crippen LogP contribution in [0.1, 0.15) is 47.9 Å². The molecule has 0 fully saturated rings. The first kappa shape index (κ1) is 22.4. The third kappa shape index (κ3) is 6.30. The van der Waals surface area contributed by atoms with Crippen LogP contribution in [0.3, 0.4) is 0 Å². The van der Waals surface area contributed by atoms with Crippen LogP contribution >= 0.6 is 0 Å². The third-order valence-electron chi connectivity index (χ3n) is 4.11. The van der Waals surface area contributed by atoms with Gasteiger partial charge in [0.1, 0.15) is 5.75 Å². The molecule has 2 amide bonds. The zero-order valence-electron chi connectivity index (χ0n) is 16.6. The van der Waals surface area contributed by atoms with E-state index in [-0.39, 0.29) is 16.5 Å². The highest BCUT2D eigenvalue weighted by Crippen LogP contribution is 2.13. The van der Waals surface area contributed by atoms with Crippen LogP contribution < -0.4 is 20.3 Å². The predicted octanol–water partition coefficient (Wildman–Crippen LogP) is 2.24. The molecule has 0 radical (unpaired) electrons. The fraction of sp³-hybridized carbons (Fsp3) is 0.300. The maximum absolute atomic E-state index is 12.2. The van der Waals surface area contributed by atoms with E-state index in [2.05, 4.69) is 15.6 Å². The van der Waals surface area contributed by atoms with Crippen molar-refractivity contribution in [2.45, 2.75) is 38.1 Å². The molecule has 0 aliphatic carbocycles. The Bertz CT molecular complexity index is 941. The summed E-state index contributed by atoms with van der Waals surface area (Å²) in [5.74, 6) is -0.410. The number of hydrogen-bond acceptors (Lipinski definition) is 5. The number of hydrazine groups is 1. The summed E-state index contributed by atoms with van der Waals surface area (Å²) in [6.45, 7) is 6.03. The standard InChI is InChI=1S/C20H25N3O5S/c1-4-14(3)23-29(26,27)18-12-8-16(9-13-18)20(25)22-21-19(24)15-6-10-17(11-7-15)28-5-2/h6-14,23H,4-5H2,1-3H3,(H,21,24)(H,22,25)/t14-/m1/s1. The lowest BCUT2D eigenvalue weighted by Gasteiger charge is -2.12. The monoisotopic (exact) mass is 419 g/mol. The minimum atomic E-state index is -3.65. The quantitative estimate of drug-likeness (QED) is 0.568. The molecule has 8 nitrogen and oxygen atoms in total. The number of rotatable bonds is 8. The van der Waals surface area contributed by atoms with E-state index >= 15 is 0 Å². The first-order chi connectivity index (χ1) is 13.8. The van der Waals surface area contributed by atoms with Crippen molar-refractivity contribution in [2.75, 3.05) is 6.61 Å². The summed E-state index contributed by atoms with van der Waals surface area (Å²) < 4.78 is 32.3. The molecule has 3 N–H and O–H groups in total. The summed E-state index contributed by atoms with van der Waals surface area (Å²) in [4.78, 5) is 24.4. The van der Waals surface area contributed by atoms with Crippen LogP contribution in [0.2, 0.25) is 0 Å². The van der Waals surface area contributed by atoms with Crippen molar-refractivity contribution in [1.29, 1.82) is 0 Å². The van der Waals surface area contributed by atoms with Gasteiger partial charge in [0.2, 0.25) is 10.0 Å². The fourth-order valence-corrected chi connectivity index (χ4v) is 3.66. The lowest BCUT2D eigenvalue weighted by atomic mass is 10.2. The van der Waals surface area contributed by atoms with Crippen LogP contribution in [0.25, 0.3) is 0 Å². The summed E-state index contributed by atoms with van der Waals surface area (Å²) in [5.41, 5.74) is 5.18. The molecule has 156 valence electrons. The van der Waals surface area contributed by atoms with E-state index in [0.717, 1.165) is 0 Å². The number of benzene rings is 2. The van der Waals surface area contributed by atoms with Gasteiger partial charge in [-0.15, -0.1) is 0 Å². The third-order valence-corrected chi connectivity index (χ3v) is 5.72. The Labute approximate surface area is 170 Å². The largest absolute Gasteiger partial charge is 0.494 e. The summed E-state index contributed by atoms with van der Waals surface area (Å²) in [5, 5.41) is 0. The molecular weight excluding hydrogens is 394 g/mol. The van der Waals surface area contributed by atoms with Crippen molar-refractivity contribution >= 4 is 21.8 Å². The topological polar surface area (TPSA) is 114 Å². The van der Waals surface area contributed by atoms with Gasteiger partial charge in [-0.05, 0) is 68.8 Å². The molecule has 0 bridgehead atoms. The molecule has 29 heavy (non-hydrogen) atoms. The molecule has 9 heteroatoms. The molecule has 0 saturated carbocycles. The molecule has 0 heterocycles. The van der Waals surface area contributed by atoms with E-state index in [1.807, 2.05) is 13.8 Å². The molecule has 2 rings (SSSR count). The second-order valence-corrected chi connectivity index (χ2v) is 8.03. The van der Waals surface area contributed by atoms with E-state index in [0.29, 0.717) is 24.3 Å². The van der Waals surface area contributed by atoms with Gasteiger partial charge in [0.05, 0.1) is 11.5 Å². The highest BCUT2D eigenvalue weighted by Gasteiger charge is 2.17. The first-order valence-corrected chi connectivity index (χ1v) is 10.7. The Hall–Kier alpha value is -2.91. The average molecular weight is 420 g/mol. The van der Waals surface area contributed by atoms with Gasteiger partial charge in [0.15, 0.2) is 0 Å². The van der Waals surface area contributed by atoms with Crippen LogP contribution in [-0.2, 0) is 10.0 Å². The fourth-order valence-electron chi connectivity index (χ4n) is 2.33. The van der Waals surface area contributed by atoms with E-state index in [1.165, 1.54) is 24.3 Å². The van der Waals surface area contributed by atoms with E-state index in [9.17, 15) is 18.0 Å². The van der Waals surface area contributed by atoms with Gasteiger partial charge < -0.3 is 4.74 Å². The number of ether oxygens (including phenoxy) is 1. The second kappa shape index (κ2) is 10.0. The molecule has 0 aliphatic heterocycles. The molecule has 0 saturated heterocycles. The molecule has 0 unspecified atom stereocenters. The summed E-state index contributed by atoms with van der Waals surface area (Å²) >= 11 is 0. The van der Waals surface area contributed by atoms with Crippen molar-refractivity contribution in [2.24, 2.45) is 0 Å². The van der Waals surface area contributed by atoms with E-state index < -0.39 is 21.8 Å². The minimum absolute atomic E-state index is 0.0628. The van der Waals surface area contributed by atoms with Gasteiger partial charge in [-0.3, -0.25) is 20.4 Å². The number of carbonyl (C=O) groups is 2. The lowest BCUT2D eigenvalue weighted by Crippen LogP contribution is -2.41. The van der Waals surface area contributed by atoms with Crippen molar-refractivity contribution < 1.29 is 22.7 Å². The van der Waals surface area contributed by atoms with E-state index in [4.69, 9.17) is 4.74 Å². The smallest absolute Gasteiger partial charge is 0.269 e. The Morgan fingerprint density at radius 1 is 0.897 bits per heavy atom. The average Bonchev–Trinajstić information content (AvgIpc) is 2.72. The number of carbonyl (C=O) groups excluding carboxylic acids is 2. The molecule has 0 aliphatic rings. The lowest BCUT2D eigenvalue weighted by molar-refractivity contribution is 0.0846. The second-order valence-electron chi connectivity index (χ2n) is 6.32. The molecule has 2 aromatic rings. The summed E-state index contributed by atoms with van der Waals surface area (Å²) in [6, 6.07) is 11.7. The highest BCUT2D eigenvalue weighted by atomic mass is 32.2. The first-order valence-electron chi connectivity index (χ1n) is 9.22. The molecule has 1 atom stereocenters. The van der Waals surface area contributed by atoms with Crippen molar-refractivity contribution in [1.82, 2.24) is 15.6 Å².